The maximum Gasteiger partial charge on any atom is 0.317 e. The Morgan fingerprint density at radius 1 is 1.03 bits per heavy atom. The number of nitrogens with one attached hydrogen (secondary N) is 1. The molecular weight excluding hydrogens is 390 g/mol. The van der Waals surface area contributed by atoms with Crippen molar-refractivity contribution in [3.05, 3.63) is 29.8 Å². The fraction of sp³-hybridized carbons (Fsp3) is 0.636. The molecule has 166 valence electrons. The van der Waals surface area contributed by atoms with Gasteiger partial charge in [-0.2, -0.15) is 0 Å². The van der Waals surface area contributed by atoms with Gasteiger partial charge < -0.3 is 20.0 Å². The van der Waals surface area contributed by atoms with E-state index in [0.717, 1.165) is 38.2 Å². The number of nitrogens with zero attached hydrogens (tertiary/aromatic N) is 3. The number of carbonyl (C=O) groups excluding carboxylic acids is 2. The molecule has 8 heteroatoms. The average molecular weight is 423 g/mol. The fourth-order valence-corrected chi connectivity index (χ4v) is 4.32. The lowest BCUT2D eigenvalue weighted by atomic mass is 10.0. The number of piperidine rings is 2. The molecule has 0 bridgehead atoms. The Morgan fingerprint density at radius 3 is 2.20 bits per heavy atom. The monoisotopic (exact) mass is 422 g/mol. The predicted octanol–water partition coefficient (Wildman–Crippen LogP) is 3.37. The third-order valence-electron chi connectivity index (χ3n) is 6.18. The van der Waals surface area contributed by atoms with Gasteiger partial charge in [0.2, 0.25) is 5.91 Å². The zero-order valence-electron chi connectivity index (χ0n) is 17.9. The maximum absolute atomic E-state index is 13.5. The van der Waals surface area contributed by atoms with Crippen molar-refractivity contribution < 1.29 is 18.4 Å². The van der Waals surface area contributed by atoms with Crippen LogP contribution in [0, 0.1) is 11.6 Å². The molecule has 3 rings (SSSR count). The molecule has 2 heterocycles. The van der Waals surface area contributed by atoms with Crippen molar-refractivity contribution in [3.63, 3.8) is 0 Å². The van der Waals surface area contributed by atoms with Crippen molar-refractivity contribution in [2.45, 2.75) is 57.5 Å². The van der Waals surface area contributed by atoms with Crippen molar-refractivity contribution in [3.8, 4) is 0 Å². The summed E-state index contributed by atoms with van der Waals surface area (Å²) in [5.41, 5.74) is 0.541. The van der Waals surface area contributed by atoms with Gasteiger partial charge in [0.15, 0.2) is 0 Å². The molecular formula is C22H32F2N4O2. The van der Waals surface area contributed by atoms with E-state index in [1.807, 2.05) is 23.8 Å². The molecule has 6 nitrogen and oxygen atoms in total. The summed E-state index contributed by atoms with van der Waals surface area (Å²) < 4.78 is 26.9. The first kappa shape index (κ1) is 22.3. The van der Waals surface area contributed by atoms with Crippen LogP contribution < -0.4 is 10.2 Å². The molecule has 0 unspecified atom stereocenters. The third-order valence-corrected chi connectivity index (χ3v) is 6.18. The summed E-state index contributed by atoms with van der Waals surface area (Å²) in [6.07, 6.45) is 4.48. The average Bonchev–Trinajstić information content (AvgIpc) is 2.73. The Labute approximate surface area is 177 Å². The zero-order chi connectivity index (χ0) is 21.7. The molecule has 30 heavy (non-hydrogen) atoms. The molecule has 1 aromatic carbocycles. The molecule has 0 aromatic heterocycles. The SMILES string of the molecule is CCCC(=O)N1CCC(N(C)C(=O)NC2CCN(c3cc(F)cc(F)c3)CC2)CC1. The topological polar surface area (TPSA) is 55.9 Å². The summed E-state index contributed by atoms with van der Waals surface area (Å²) in [7, 11) is 1.81. The number of urea groups is 1. The Balaban J connectivity index is 1.44. The van der Waals surface area contributed by atoms with Crippen LogP contribution in [0.3, 0.4) is 0 Å². The third kappa shape index (κ3) is 5.61. The second-order valence-electron chi connectivity index (χ2n) is 8.31. The van der Waals surface area contributed by atoms with Gasteiger partial charge in [-0.05, 0) is 44.2 Å². The van der Waals surface area contributed by atoms with Crippen molar-refractivity contribution in [1.29, 1.82) is 0 Å². The molecule has 3 amide bonds. The highest BCUT2D eigenvalue weighted by Gasteiger charge is 2.29. The van der Waals surface area contributed by atoms with Crippen molar-refractivity contribution in [2.75, 3.05) is 38.1 Å². The number of hydrogen-bond donors (Lipinski definition) is 1. The number of halogens is 2. The van der Waals surface area contributed by atoms with Crippen LogP contribution in [0.2, 0.25) is 0 Å². The summed E-state index contributed by atoms with van der Waals surface area (Å²) >= 11 is 0. The van der Waals surface area contributed by atoms with Crippen LogP contribution in [0.4, 0.5) is 19.3 Å². The van der Waals surface area contributed by atoms with Crippen LogP contribution in [0.1, 0.15) is 45.4 Å². The summed E-state index contributed by atoms with van der Waals surface area (Å²) in [5.74, 6) is -0.957. The van der Waals surface area contributed by atoms with Crippen molar-refractivity contribution in [1.82, 2.24) is 15.1 Å². The molecule has 0 aliphatic carbocycles. The van der Waals surface area contributed by atoms with Gasteiger partial charge >= 0.3 is 6.03 Å². The Morgan fingerprint density at radius 2 is 1.63 bits per heavy atom. The van der Waals surface area contributed by atoms with Gasteiger partial charge in [-0.3, -0.25) is 4.79 Å². The molecule has 0 atom stereocenters. The molecule has 2 aliphatic rings. The fourth-order valence-electron chi connectivity index (χ4n) is 4.32. The van der Waals surface area contributed by atoms with Gasteiger partial charge in [0.25, 0.3) is 0 Å². The lowest BCUT2D eigenvalue weighted by Crippen LogP contribution is -2.53. The number of amides is 3. The number of anilines is 1. The largest absolute Gasteiger partial charge is 0.371 e. The lowest BCUT2D eigenvalue weighted by Gasteiger charge is -2.38. The van der Waals surface area contributed by atoms with Crippen LogP contribution in [-0.2, 0) is 4.79 Å². The minimum absolute atomic E-state index is 0.0424. The van der Waals surface area contributed by atoms with Gasteiger partial charge in [-0.15, -0.1) is 0 Å². The number of benzene rings is 1. The van der Waals surface area contributed by atoms with Gasteiger partial charge in [0.05, 0.1) is 0 Å². The van der Waals surface area contributed by atoms with E-state index < -0.39 is 11.6 Å². The smallest absolute Gasteiger partial charge is 0.317 e. The number of hydrogen-bond acceptors (Lipinski definition) is 3. The van der Waals surface area contributed by atoms with E-state index in [0.29, 0.717) is 38.3 Å². The van der Waals surface area contributed by atoms with Crippen LogP contribution in [0.15, 0.2) is 18.2 Å². The minimum Gasteiger partial charge on any atom is -0.371 e. The molecule has 1 aromatic rings. The first-order chi connectivity index (χ1) is 14.4. The normalized spacial score (nSPS) is 18.4. The van der Waals surface area contributed by atoms with Crippen LogP contribution >= 0.6 is 0 Å². The van der Waals surface area contributed by atoms with E-state index in [2.05, 4.69) is 5.32 Å². The highest BCUT2D eigenvalue weighted by Crippen LogP contribution is 2.23. The van der Waals surface area contributed by atoms with Gasteiger partial charge in [0.1, 0.15) is 11.6 Å². The molecule has 0 spiro atoms. The van der Waals surface area contributed by atoms with E-state index in [9.17, 15) is 18.4 Å². The summed E-state index contributed by atoms with van der Waals surface area (Å²) in [6, 6.07) is 3.63. The highest BCUT2D eigenvalue weighted by molar-refractivity contribution is 5.76. The van der Waals surface area contributed by atoms with Crippen LogP contribution in [-0.4, -0.2) is 67.0 Å². The number of rotatable bonds is 5. The van der Waals surface area contributed by atoms with E-state index in [1.165, 1.54) is 12.1 Å². The molecule has 2 aliphatic heterocycles. The quantitative estimate of drug-likeness (QED) is 0.792. The maximum atomic E-state index is 13.5. The van der Waals surface area contributed by atoms with Crippen LogP contribution in [0.5, 0.6) is 0 Å². The molecule has 0 radical (unpaired) electrons. The van der Waals surface area contributed by atoms with E-state index in [-0.39, 0.29) is 24.0 Å². The molecule has 0 saturated carbocycles. The van der Waals surface area contributed by atoms with Crippen molar-refractivity contribution in [2.24, 2.45) is 0 Å². The van der Waals surface area contributed by atoms with Crippen molar-refractivity contribution >= 4 is 17.6 Å². The first-order valence-corrected chi connectivity index (χ1v) is 10.9. The Kier molecular flexibility index (Phi) is 7.50. The summed E-state index contributed by atoms with van der Waals surface area (Å²) in [6.45, 7) is 4.67. The molecule has 2 saturated heterocycles. The summed E-state index contributed by atoms with van der Waals surface area (Å²) in [5, 5.41) is 3.10. The second kappa shape index (κ2) is 10.1. The lowest BCUT2D eigenvalue weighted by molar-refractivity contribution is -0.132. The zero-order valence-corrected chi connectivity index (χ0v) is 17.9. The predicted molar refractivity (Wildman–Crippen MR) is 112 cm³/mol. The molecule has 2 fully saturated rings. The summed E-state index contributed by atoms with van der Waals surface area (Å²) in [4.78, 5) is 30.3. The van der Waals surface area contributed by atoms with Gasteiger partial charge in [-0.25, -0.2) is 13.6 Å². The standard InChI is InChI=1S/C22H32F2N4O2/c1-3-4-21(29)28-11-7-19(8-12-28)26(2)22(30)25-18-5-9-27(10-6-18)20-14-16(23)13-17(24)15-20/h13-15,18-19H,3-12H2,1-2H3,(H,25,30). The van der Waals surface area contributed by atoms with E-state index in [1.54, 1.807) is 4.90 Å². The Hall–Kier alpha value is -2.38. The first-order valence-electron chi connectivity index (χ1n) is 10.9. The van der Waals surface area contributed by atoms with E-state index in [4.69, 9.17) is 0 Å². The second-order valence-corrected chi connectivity index (χ2v) is 8.31. The van der Waals surface area contributed by atoms with Gasteiger partial charge in [-0.1, -0.05) is 6.92 Å². The molecule has 1 N–H and O–H groups in total. The van der Waals surface area contributed by atoms with Crippen LogP contribution in [0.25, 0.3) is 0 Å². The Bertz CT molecular complexity index is 724. The number of carbonyl (C=O) groups is 2. The van der Waals surface area contributed by atoms with E-state index >= 15 is 0 Å². The highest BCUT2D eigenvalue weighted by atomic mass is 19.1. The van der Waals surface area contributed by atoms with Gasteiger partial charge in [0, 0.05) is 63.5 Å². The number of likely N-dealkylation sites (tertiary alicyclic amines) is 1. The minimum atomic E-state index is -0.579.